The fraction of sp³-hybridized carbons (Fsp3) is 0.444. The van der Waals surface area contributed by atoms with Gasteiger partial charge in [0.2, 0.25) is 5.91 Å². The van der Waals surface area contributed by atoms with E-state index in [-0.39, 0.29) is 36.9 Å². The third-order valence-corrected chi connectivity index (χ3v) is 8.51. The minimum Gasteiger partial charge on any atom is -0.480 e. The fourth-order valence-electron chi connectivity index (χ4n) is 5.61. The van der Waals surface area contributed by atoms with Gasteiger partial charge in [-0.2, -0.15) is 0 Å². The predicted octanol–water partition coefficient (Wildman–Crippen LogP) is 4.11. The van der Waals surface area contributed by atoms with E-state index in [2.05, 4.69) is 29.6 Å². The van der Waals surface area contributed by atoms with Gasteiger partial charge in [0.25, 0.3) is 0 Å². The predicted molar refractivity (Wildman–Crippen MR) is 134 cm³/mol. The molecule has 8 heteroatoms. The first kappa shape index (κ1) is 23.7. The highest BCUT2D eigenvalue weighted by atomic mass is 32.2. The van der Waals surface area contributed by atoms with Crippen LogP contribution in [-0.2, 0) is 14.3 Å². The largest absolute Gasteiger partial charge is 0.480 e. The van der Waals surface area contributed by atoms with Crippen molar-refractivity contribution in [2.24, 2.45) is 5.92 Å². The molecule has 0 radical (unpaired) electrons. The molecule has 184 valence electrons. The quantitative estimate of drug-likeness (QED) is 0.650. The van der Waals surface area contributed by atoms with Crippen LogP contribution in [0.25, 0.3) is 11.1 Å². The van der Waals surface area contributed by atoms with E-state index in [9.17, 15) is 19.5 Å². The lowest BCUT2D eigenvalue weighted by atomic mass is 9.84. The molecule has 0 bridgehead atoms. The van der Waals surface area contributed by atoms with Crippen molar-refractivity contribution in [1.29, 1.82) is 0 Å². The average Bonchev–Trinajstić information content (AvgIpc) is 3.21. The molecule has 2 aliphatic carbocycles. The van der Waals surface area contributed by atoms with E-state index in [1.165, 1.54) is 34.0 Å². The highest BCUT2D eigenvalue weighted by molar-refractivity contribution is 8.00. The van der Waals surface area contributed by atoms with Crippen molar-refractivity contribution in [3.05, 3.63) is 59.7 Å². The number of carboxylic acid groups (broad SMARTS) is 1. The van der Waals surface area contributed by atoms with Crippen LogP contribution in [-0.4, -0.2) is 64.7 Å². The molecule has 35 heavy (non-hydrogen) atoms. The van der Waals surface area contributed by atoms with E-state index in [1.54, 1.807) is 4.90 Å². The number of aliphatic carboxylic acids is 1. The van der Waals surface area contributed by atoms with Gasteiger partial charge in [-0.3, -0.25) is 9.59 Å². The molecule has 1 saturated heterocycles. The number of hydrogen-bond donors (Lipinski definition) is 2. The molecule has 0 spiro atoms. The molecule has 1 unspecified atom stereocenters. The normalized spacial score (nSPS) is 23.8. The summed E-state index contributed by atoms with van der Waals surface area (Å²) in [5.41, 5.74) is 4.72. The van der Waals surface area contributed by atoms with Crippen molar-refractivity contribution in [2.45, 2.75) is 42.9 Å². The fourth-order valence-corrected chi connectivity index (χ4v) is 6.65. The second-order valence-corrected chi connectivity index (χ2v) is 10.8. The van der Waals surface area contributed by atoms with Crippen molar-refractivity contribution in [3.63, 3.8) is 0 Å². The van der Waals surface area contributed by atoms with Gasteiger partial charge in [-0.1, -0.05) is 55.0 Å². The van der Waals surface area contributed by atoms with E-state index >= 15 is 0 Å². The third-order valence-electron chi connectivity index (χ3n) is 7.34. The van der Waals surface area contributed by atoms with Gasteiger partial charge in [-0.05, 0) is 41.5 Å². The molecule has 5 rings (SSSR count). The molecule has 7 nitrogen and oxygen atoms in total. The summed E-state index contributed by atoms with van der Waals surface area (Å²) in [5, 5.41) is 11.7. The Kier molecular flexibility index (Phi) is 7.00. The summed E-state index contributed by atoms with van der Waals surface area (Å²) in [5.74, 6) is -0.411. The summed E-state index contributed by atoms with van der Waals surface area (Å²) in [6.45, 7) is 1.09. The average molecular weight is 495 g/mol. The molecule has 1 heterocycles. The number of alkyl carbamates (subject to hydrolysis) is 1. The number of amides is 2. The Morgan fingerprint density at radius 2 is 1.71 bits per heavy atom. The van der Waals surface area contributed by atoms with Crippen molar-refractivity contribution in [2.75, 3.05) is 25.4 Å². The lowest BCUT2D eigenvalue weighted by Crippen LogP contribution is -2.49. The Labute approximate surface area is 209 Å². The number of hydrogen-bond acceptors (Lipinski definition) is 5. The minimum absolute atomic E-state index is 0.00739. The summed E-state index contributed by atoms with van der Waals surface area (Å²) in [4.78, 5) is 38.8. The summed E-state index contributed by atoms with van der Waals surface area (Å²) in [6.07, 6.45) is 2.52. The summed E-state index contributed by atoms with van der Waals surface area (Å²) >= 11 is 1.39. The van der Waals surface area contributed by atoms with Crippen LogP contribution in [0.4, 0.5) is 4.79 Å². The van der Waals surface area contributed by atoms with Crippen LogP contribution in [0.15, 0.2) is 48.5 Å². The number of rotatable bonds is 5. The Morgan fingerprint density at radius 1 is 1.03 bits per heavy atom. The number of benzene rings is 2. The Hall–Kier alpha value is -3.00. The van der Waals surface area contributed by atoms with Crippen LogP contribution in [0, 0.1) is 5.92 Å². The first-order valence-electron chi connectivity index (χ1n) is 12.3. The third kappa shape index (κ3) is 5.03. The molecule has 2 aromatic carbocycles. The molecule has 2 fully saturated rings. The Morgan fingerprint density at radius 3 is 2.40 bits per heavy atom. The second kappa shape index (κ2) is 10.3. The Bertz CT molecular complexity index is 1080. The van der Waals surface area contributed by atoms with Crippen LogP contribution >= 0.6 is 11.8 Å². The van der Waals surface area contributed by atoms with Gasteiger partial charge in [-0.25, -0.2) is 4.79 Å². The van der Waals surface area contributed by atoms with Crippen molar-refractivity contribution in [3.8, 4) is 11.1 Å². The molecular formula is C27H30N2O5S. The van der Waals surface area contributed by atoms with Gasteiger partial charge in [0, 0.05) is 36.7 Å². The highest BCUT2D eigenvalue weighted by Crippen LogP contribution is 2.44. The first-order chi connectivity index (χ1) is 17.0. The van der Waals surface area contributed by atoms with Gasteiger partial charge in [-0.15, -0.1) is 11.8 Å². The lowest BCUT2D eigenvalue weighted by molar-refractivity contribution is -0.140. The molecule has 3 aliphatic rings. The van der Waals surface area contributed by atoms with E-state index in [4.69, 9.17) is 4.74 Å². The van der Waals surface area contributed by atoms with Gasteiger partial charge in [0.1, 0.15) is 11.9 Å². The molecular weight excluding hydrogens is 464 g/mol. The molecule has 1 aliphatic heterocycles. The molecule has 2 aromatic rings. The monoisotopic (exact) mass is 494 g/mol. The summed E-state index contributed by atoms with van der Waals surface area (Å²) < 4.78 is 5.68. The number of carboxylic acids is 1. The molecule has 1 saturated carbocycles. The number of thioether (sulfide) groups is 1. The lowest BCUT2D eigenvalue weighted by Gasteiger charge is -2.36. The summed E-state index contributed by atoms with van der Waals surface area (Å²) in [7, 11) is 0. The summed E-state index contributed by atoms with van der Waals surface area (Å²) in [6, 6.07) is 16.3. The zero-order chi connectivity index (χ0) is 24.4. The van der Waals surface area contributed by atoms with Crippen molar-refractivity contribution >= 4 is 29.7 Å². The van der Waals surface area contributed by atoms with Crippen LogP contribution in [0.2, 0.25) is 0 Å². The molecule has 2 N–H and O–H groups in total. The maximum atomic E-state index is 13.1. The highest BCUT2D eigenvalue weighted by Gasteiger charge is 2.35. The standard InChI is InChI=1S/C27H30N2O5S/c30-25(29-12-13-35-24(15-29)26(31)32)17-6-5-7-18(14-17)28-27(33)34-16-23-21-10-3-1-8-19(21)20-9-2-4-11-22(20)23/h1-4,8-11,17-18,23-24H,5-7,12-16H2,(H,28,33)(H,31,32)/t17-,18+,24?/m1/s1. The van der Waals surface area contributed by atoms with Gasteiger partial charge in [0.15, 0.2) is 0 Å². The molecule has 0 aromatic heterocycles. The second-order valence-electron chi connectivity index (χ2n) is 9.51. The SMILES string of the molecule is O=C(N[C@H]1CCC[C@@H](C(=O)N2CCSC(C(=O)O)C2)C1)OCC1c2ccccc2-c2ccccc21. The van der Waals surface area contributed by atoms with Crippen LogP contribution < -0.4 is 5.32 Å². The van der Waals surface area contributed by atoms with E-state index < -0.39 is 17.3 Å². The number of ether oxygens (including phenoxy) is 1. The Balaban J connectivity index is 1.16. The maximum absolute atomic E-state index is 13.1. The number of carbonyl (C=O) groups is 3. The minimum atomic E-state index is -0.869. The van der Waals surface area contributed by atoms with Crippen molar-refractivity contribution in [1.82, 2.24) is 10.2 Å². The zero-order valence-corrected chi connectivity index (χ0v) is 20.3. The van der Waals surface area contributed by atoms with Gasteiger partial charge < -0.3 is 20.1 Å². The first-order valence-corrected chi connectivity index (χ1v) is 13.3. The smallest absolute Gasteiger partial charge is 0.407 e. The number of fused-ring (bicyclic) bond motifs is 3. The molecule has 2 amide bonds. The number of nitrogens with zero attached hydrogens (tertiary/aromatic N) is 1. The van der Waals surface area contributed by atoms with Gasteiger partial charge in [0.05, 0.1) is 0 Å². The number of nitrogens with one attached hydrogen (secondary N) is 1. The zero-order valence-electron chi connectivity index (χ0n) is 19.5. The number of carbonyl (C=O) groups excluding carboxylic acids is 2. The van der Waals surface area contributed by atoms with E-state index in [1.807, 2.05) is 24.3 Å². The van der Waals surface area contributed by atoms with Gasteiger partial charge >= 0.3 is 12.1 Å². The van der Waals surface area contributed by atoms with Crippen molar-refractivity contribution < 1.29 is 24.2 Å². The van der Waals surface area contributed by atoms with E-state index in [0.717, 1.165) is 19.3 Å². The van der Waals surface area contributed by atoms with Crippen LogP contribution in [0.1, 0.15) is 42.7 Å². The van der Waals surface area contributed by atoms with Crippen LogP contribution in [0.3, 0.4) is 0 Å². The topological polar surface area (TPSA) is 95.9 Å². The van der Waals surface area contributed by atoms with E-state index in [0.29, 0.717) is 18.7 Å². The molecule has 3 atom stereocenters. The maximum Gasteiger partial charge on any atom is 0.407 e. The van der Waals surface area contributed by atoms with Crippen LogP contribution in [0.5, 0.6) is 0 Å².